The number of carbonyl (C=O) groups is 1. The molecule has 41 heavy (non-hydrogen) atoms. The van der Waals surface area contributed by atoms with Crippen LogP contribution in [0.25, 0.3) is 10.9 Å². The number of nitrogens with one attached hydrogen (secondary N) is 2. The Bertz CT molecular complexity index is 1680. The maximum absolute atomic E-state index is 12.9. The number of piperidine rings is 1. The summed E-state index contributed by atoms with van der Waals surface area (Å²) < 4.78 is 0. The summed E-state index contributed by atoms with van der Waals surface area (Å²) in [4.78, 5) is 30.4. The summed E-state index contributed by atoms with van der Waals surface area (Å²) in [6, 6.07) is 33.1. The molecule has 2 heterocycles. The lowest BCUT2D eigenvalue weighted by Crippen LogP contribution is -2.42. The number of aromatic nitrogens is 1. The van der Waals surface area contributed by atoms with Crippen molar-refractivity contribution in [2.75, 3.05) is 18.4 Å². The molecule has 0 unspecified atom stereocenters. The number of rotatable bonds is 6. The zero-order chi connectivity index (χ0) is 28.3. The van der Waals surface area contributed by atoms with Crippen LogP contribution in [0.1, 0.15) is 45.8 Å². The second-order valence-electron chi connectivity index (χ2n) is 10.5. The monoisotopic (exact) mass is 581 g/mol. The van der Waals surface area contributed by atoms with Crippen molar-refractivity contribution in [3.8, 4) is 0 Å². The van der Waals surface area contributed by atoms with Crippen LogP contribution < -0.4 is 10.9 Å². The first-order valence-corrected chi connectivity index (χ1v) is 14.5. The molecule has 1 aliphatic heterocycles. The van der Waals surface area contributed by atoms with Gasteiger partial charge >= 0.3 is 0 Å². The third-order valence-corrected chi connectivity index (χ3v) is 8.27. The summed E-state index contributed by atoms with van der Waals surface area (Å²) >= 11 is 12.4. The third kappa shape index (κ3) is 6.02. The Morgan fingerprint density at radius 1 is 0.780 bits per heavy atom. The predicted molar refractivity (Wildman–Crippen MR) is 167 cm³/mol. The average molecular weight is 583 g/mol. The van der Waals surface area contributed by atoms with Gasteiger partial charge in [0.25, 0.3) is 5.91 Å². The van der Waals surface area contributed by atoms with Crippen LogP contribution in [0.15, 0.2) is 108 Å². The van der Waals surface area contributed by atoms with Crippen molar-refractivity contribution in [3.63, 3.8) is 0 Å². The SMILES string of the molecule is O=C(c1ccccc1)N1CCC(Nc2cc(=O)[nH]c3ccc(C(c4ccc(Cl)cc4)c4ccc(Cl)cc4)cc23)CC1. The van der Waals surface area contributed by atoms with E-state index in [4.69, 9.17) is 23.2 Å². The van der Waals surface area contributed by atoms with Crippen molar-refractivity contribution >= 4 is 45.7 Å². The number of hydrogen-bond acceptors (Lipinski definition) is 3. The average Bonchev–Trinajstić information content (AvgIpc) is 3.00. The Morgan fingerprint density at radius 2 is 1.37 bits per heavy atom. The van der Waals surface area contributed by atoms with Crippen LogP contribution in [0, 0.1) is 0 Å². The van der Waals surface area contributed by atoms with E-state index in [-0.39, 0.29) is 23.4 Å². The Labute approximate surface area is 248 Å². The van der Waals surface area contributed by atoms with E-state index >= 15 is 0 Å². The molecule has 0 radical (unpaired) electrons. The lowest BCUT2D eigenvalue weighted by Gasteiger charge is -2.33. The molecule has 0 atom stereocenters. The van der Waals surface area contributed by atoms with Gasteiger partial charge in [0, 0.05) is 57.8 Å². The number of benzene rings is 4. The van der Waals surface area contributed by atoms with Crippen LogP contribution in [0.2, 0.25) is 10.0 Å². The number of aromatic amines is 1. The quantitative estimate of drug-likeness (QED) is 0.202. The number of fused-ring (bicyclic) bond motifs is 1. The number of nitrogens with zero attached hydrogens (tertiary/aromatic N) is 1. The molecular formula is C34H29Cl2N3O2. The summed E-state index contributed by atoms with van der Waals surface area (Å²) in [5, 5.41) is 5.94. The standard InChI is InChI=1S/C34H29Cl2N3O2/c35-26-11-6-22(7-12-26)33(23-8-13-27(36)14-9-23)25-10-15-30-29(20-25)31(21-32(40)38-30)37-28-16-18-39(19-17-28)34(41)24-4-2-1-3-5-24/h1-15,20-21,28,33H,16-19H2,(H2,37,38,40). The molecule has 1 amide bonds. The third-order valence-electron chi connectivity index (χ3n) is 7.77. The highest BCUT2D eigenvalue weighted by Gasteiger charge is 2.24. The maximum Gasteiger partial charge on any atom is 0.253 e. The molecule has 206 valence electrons. The summed E-state index contributed by atoms with van der Waals surface area (Å²) in [5.41, 5.74) is 5.41. The fraction of sp³-hybridized carbons (Fsp3) is 0.176. The Kier molecular flexibility index (Phi) is 7.82. The van der Waals surface area contributed by atoms with E-state index in [2.05, 4.69) is 22.4 Å². The van der Waals surface area contributed by atoms with Gasteiger partial charge in [-0.15, -0.1) is 0 Å². The van der Waals surface area contributed by atoms with E-state index in [1.54, 1.807) is 6.07 Å². The van der Waals surface area contributed by atoms with Crippen molar-refractivity contribution in [2.45, 2.75) is 24.8 Å². The molecule has 1 saturated heterocycles. The van der Waals surface area contributed by atoms with Gasteiger partial charge in [-0.05, 0) is 78.1 Å². The molecule has 2 N–H and O–H groups in total. The van der Waals surface area contributed by atoms with Gasteiger partial charge in [0.15, 0.2) is 0 Å². The molecule has 5 nitrogen and oxygen atoms in total. The lowest BCUT2D eigenvalue weighted by molar-refractivity contribution is 0.0718. The van der Waals surface area contributed by atoms with Crippen LogP contribution in [0.5, 0.6) is 0 Å². The first-order chi connectivity index (χ1) is 19.9. The number of likely N-dealkylation sites (tertiary alicyclic amines) is 1. The number of carbonyl (C=O) groups excluding carboxylic acids is 1. The van der Waals surface area contributed by atoms with E-state index < -0.39 is 0 Å². The number of amides is 1. The second kappa shape index (κ2) is 11.8. The largest absolute Gasteiger partial charge is 0.381 e. The Hall–Kier alpha value is -4.06. The highest BCUT2D eigenvalue weighted by Crippen LogP contribution is 2.36. The number of halogens is 2. The second-order valence-corrected chi connectivity index (χ2v) is 11.3. The van der Waals surface area contributed by atoms with Gasteiger partial charge in [-0.2, -0.15) is 0 Å². The number of H-pyrrole nitrogens is 1. The van der Waals surface area contributed by atoms with Gasteiger partial charge < -0.3 is 15.2 Å². The van der Waals surface area contributed by atoms with Crippen LogP contribution in [-0.2, 0) is 0 Å². The normalized spacial score (nSPS) is 14.0. The number of pyridine rings is 1. The zero-order valence-corrected chi connectivity index (χ0v) is 23.8. The first kappa shape index (κ1) is 27.1. The molecule has 1 fully saturated rings. The fourth-order valence-corrected chi connectivity index (χ4v) is 5.92. The van der Waals surface area contributed by atoms with E-state index in [0.717, 1.165) is 46.1 Å². The highest BCUT2D eigenvalue weighted by atomic mass is 35.5. The van der Waals surface area contributed by atoms with Crippen LogP contribution >= 0.6 is 23.2 Å². The van der Waals surface area contributed by atoms with Gasteiger partial charge in [-0.3, -0.25) is 9.59 Å². The Morgan fingerprint density at radius 3 is 1.98 bits per heavy atom. The lowest BCUT2D eigenvalue weighted by atomic mass is 9.84. The maximum atomic E-state index is 12.9. The van der Waals surface area contributed by atoms with Crippen molar-refractivity contribution in [3.05, 3.63) is 146 Å². The smallest absolute Gasteiger partial charge is 0.253 e. The van der Waals surface area contributed by atoms with E-state index in [1.165, 1.54) is 0 Å². The zero-order valence-electron chi connectivity index (χ0n) is 22.3. The van der Waals surface area contributed by atoms with Crippen LogP contribution in [0.4, 0.5) is 5.69 Å². The van der Waals surface area contributed by atoms with E-state index in [9.17, 15) is 9.59 Å². The summed E-state index contributed by atoms with van der Waals surface area (Å²) in [7, 11) is 0. The molecule has 0 saturated carbocycles. The molecule has 4 aromatic carbocycles. The van der Waals surface area contributed by atoms with Gasteiger partial charge in [0.05, 0.1) is 5.52 Å². The molecule has 5 aromatic rings. The van der Waals surface area contributed by atoms with Gasteiger partial charge in [0.1, 0.15) is 0 Å². The molecular weight excluding hydrogens is 553 g/mol. The molecule has 7 heteroatoms. The van der Waals surface area contributed by atoms with Crippen LogP contribution in [0.3, 0.4) is 0 Å². The summed E-state index contributed by atoms with van der Waals surface area (Å²) in [6.45, 7) is 1.32. The molecule has 1 aromatic heterocycles. The minimum absolute atomic E-state index is 0.0547. The van der Waals surface area contributed by atoms with Crippen molar-refractivity contribution < 1.29 is 4.79 Å². The van der Waals surface area contributed by atoms with Gasteiger partial charge in [-0.1, -0.05) is 71.7 Å². The van der Waals surface area contributed by atoms with Crippen molar-refractivity contribution in [2.24, 2.45) is 0 Å². The van der Waals surface area contributed by atoms with Crippen molar-refractivity contribution in [1.82, 2.24) is 9.88 Å². The number of hydrogen-bond donors (Lipinski definition) is 2. The highest BCUT2D eigenvalue weighted by molar-refractivity contribution is 6.30. The molecule has 6 rings (SSSR count). The van der Waals surface area contributed by atoms with Crippen molar-refractivity contribution in [1.29, 1.82) is 0 Å². The van der Waals surface area contributed by atoms with Gasteiger partial charge in [-0.25, -0.2) is 0 Å². The fourth-order valence-electron chi connectivity index (χ4n) is 5.67. The number of anilines is 1. The van der Waals surface area contributed by atoms with E-state index in [0.29, 0.717) is 28.7 Å². The van der Waals surface area contributed by atoms with Crippen LogP contribution in [-0.4, -0.2) is 34.9 Å². The van der Waals surface area contributed by atoms with Gasteiger partial charge in [0.2, 0.25) is 5.56 Å². The molecule has 0 spiro atoms. The first-order valence-electron chi connectivity index (χ1n) is 13.7. The Balaban J connectivity index is 1.30. The summed E-state index contributed by atoms with van der Waals surface area (Å²) in [6.07, 6.45) is 1.59. The molecule has 0 bridgehead atoms. The topological polar surface area (TPSA) is 65.2 Å². The minimum atomic E-state index is -0.156. The molecule has 1 aliphatic rings. The van der Waals surface area contributed by atoms with E-state index in [1.807, 2.05) is 89.8 Å². The minimum Gasteiger partial charge on any atom is -0.381 e. The molecule has 0 aliphatic carbocycles. The predicted octanol–water partition coefficient (Wildman–Crippen LogP) is 7.73. The summed E-state index contributed by atoms with van der Waals surface area (Å²) in [5.74, 6) is 0.00619.